The fourth-order valence-corrected chi connectivity index (χ4v) is 1.37. The van der Waals surface area contributed by atoms with Crippen LogP contribution >= 0.6 is 27.5 Å². The highest BCUT2D eigenvalue weighted by molar-refractivity contribution is 9.10. The molecule has 4 heteroatoms. The molecule has 1 radical (unpaired) electrons. The molecule has 0 amide bonds. The summed E-state index contributed by atoms with van der Waals surface area (Å²) >= 11 is 8.55. The smallest absolute Gasteiger partial charge is 0.137 e. The standard InChI is InChI=1S/C7H4BrClFO/c8-5-2-6(9)4(3-11)1-7(5)10/h1-2H,3H2. The molecule has 0 saturated heterocycles. The highest BCUT2D eigenvalue weighted by atomic mass is 79.9. The van der Waals surface area contributed by atoms with Crippen LogP contribution in [0.25, 0.3) is 0 Å². The van der Waals surface area contributed by atoms with Crippen molar-refractivity contribution in [3.63, 3.8) is 0 Å². The van der Waals surface area contributed by atoms with Crippen molar-refractivity contribution in [3.05, 3.63) is 33.0 Å². The van der Waals surface area contributed by atoms with Crippen molar-refractivity contribution in [2.75, 3.05) is 0 Å². The van der Waals surface area contributed by atoms with Crippen molar-refractivity contribution in [2.24, 2.45) is 0 Å². The van der Waals surface area contributed by atoms with Gasteiger partial charge in [0.05, 0.1) is 4.47 Å². The molecule has 0 aliphatic heterocycles. The first-order chi connectivity index (χ1) is 5.15. The van der Waals surface area contributed by atoms with Crippen LogP contribution in [0.2, 0.25) is 5.02 Å². The van der Waals surface area contributed by atoms with Crippen LogP contribution in [0.4, 0.5) is 4.39 Å². The van der Waals surface area contributed by atoms with Gasteiger partial charge >= 0.3 is 0 Å². The molecule has 1 rings (SSSR count). The summed E-state index contributed by atoms with van der Waals surface area (Å²) in [7, 11) is 0. The molecule has 0 N–H and O–H groups in total. The van der Waals surface area contributed by atoms with Crippen molar-refractivity contribution in [2.45, 2.75) is 6.61 Å². The minimum absolute atomic E-state index is 0.278. The van der Waals surface area contributed by atoms with E-state index in [9.17, 15) is 9.50 Å². The minimum atomic E-state index is -0.497. The van der Waals surface area contributed by atoms with Crippen LogP contribution in [-0.4, -0.2) is 0 Å². The molecule has 1 aromatic carbocycles. The van der Waals surface area contributed by atoms with E-state index in [4.69, 9.17) is 11.6 Å². The van der Waals surface area contributed by atoms with Gasteiger partial charge in [0, 0.05) is 10.6 Å². The van der Waals surface area contributed by atoms with Crippen LogP contribution < -0.4 is 0 Å². The molecule has 0 aromatic heterocycles. The maximum Gasteiger partial charge on any atom is 0.137 e. The largest absolute Gasteiger partial charge is 0.232 e. The van der Waals surface area contributed by atoms with Gasteiger partial charge in [0.2, 0.25) is 0 Å². The molecule has 0 atom stereocenters. The molecule has 1 aromatic rings. The van der Waals surface area contributed by atoms with E-state index in [-0.39, 0.29) is 10.0 Å². The third-order valence-corrected chi connectivity index (χ3v) is 2.20. The van der Waals surface area contributed by atoms with Crippen molar-refractivity contribution < 1.29 is 9.50 Å². The van der Waals surface area contributed by atoms with Crippen molar-refractivity contribution >= 4 is 27.5 Å². The van der Waals surface area contributed by atoms with Crippen molar-refractivity contribution in [1.29, 1.82) is 0 Å². The Morgan fingerprint density at radius 3 is 2.73 bits per heavy atom. The topological polar surface area (TPSA) is 19.9 Å². The van der Waals surface area contributed by atoms with E-state index < -0.39 is 12.4 Å². The summed E-state index contributed by atoms with van der Waals surface area (Å²) in [5.74, 6) is -0.458. The van der Waals surface area contributed by atoms with Gasteiger partial charge in [0.15, 0.2) is 0 Å². The van der Waals surface area contributed by atoms with Gasteiger partial charge in [-0.15, -0.1) is 0 Å². The van der Waals surface area contributed by atoms with Gasteiger partial charge in [0.25, 0.3) is 0 Å². The number of benzene rings is 1. The lowest BCUT2D eigenvalue weighted by atomic mass is 10.2. The zero-order valence-corrected chi connectivity index (χ0v) is 7.75. The van der Waals surface area contributed by atoms with E-state index in [2.05, 4.69) is 15.9 Å². The van der Waals surface area contributed by atoms with Crippen LogP contribution in [-0.2, 0) is 11.7 Å². The Bertz CT molecular complexity index is 277. The maximum absolute atomic E-state index is 12.7. The second kappa shape index (κ2) is 3.52. The van der Waals surface area contributed by atoms with Gasteiger partial charge in [-0.2, -0.15) is 0 Å². The van der Waals surface area contributed by atoms with E-state index in [1.54, 1.807) is 0 Å². The molecule has 11 heavy (non-hydrogen) atoms. The quantitative estimate of drug-likeness (QED) is 0.670. The van der Waals surface area contributed by atoms with Crippen molar-refractivity contribution in [3.8, 4) is 0 Å². The molecule has 0 aliphatic carbocycles. The summed E-state index contributed by atoms with van der Waals surface area (Å²) in [4.78, 5) is 0. The summed E-state index contributed by atoms with van der Waals surface area (Å²) in [6.07, 6.45) is 0. The summed E-state index contributed by atoms with van der Waals surface area (Å²) < 4.78 is 13.0. The van der Waals surface area contributed by atoms with Gasteiger partial charge < -0.3 is 0 Å². The Morgan fingerprint density at radius 1 is 1.55 bits per heavy atom. The van der Waals surface area contributed by atoms with Crippen LogP contribution in [0.3, 0.4) is 0 Å². The van der Waals surface area contributed by atoms with Crippen LogP contribution in [0.15, 0.2) is 16.6 Å². The summed E-state index contributed by atoms with van der Waals surface area (Å²) in [6, 6.07) is 2.52. The van der Waals surface area contributed by atoms with Gasteiger partial charge in [-0.05, 0) is 28.1 Å². The Labute approximate surface area is 76.9 Å². The predicted octanol–water partition coefficient (Wildman–Crippen LogP) is 3.17. The zero-order valence-electron chi connectivity index (χ0n) is 5.40. The lowest BCUT2D eigenvalue weighted by molar-refractivity contribution is 0.177. The van der Waals surface area contributed by atoms with Crippen LogP contribution in [0, 0.1) is 5.82 Å². The summed E-state index contributed by atoms with van der Waals surface area (Å²) in [6.45, 7) is -0.497. The molecule has 59 valence electrons. The monoisotopic (exact) mass is 237 g/mol. The zero-order chi connectivity index (χ0) is 8.43. The fourth-order valence-electron chi connectivity index (χ4n) is 0.674. The van der Waals surface area contributed by atoms with Gasteiger partial charge in [0.1, 0.15) is 12.4 Å². The first-order valence-electron chi connectivity index (χ1n) is 2.86. The average molecular weight is 238 g/mol. The predicted molar refractivity (Wildman–Crippen MR) is 43.5 cm³/mol. The van der Waals surface area contributed by atoms with E-state index in [0.29, 0.717) is 5.02 Å². The third-order valence-electron chi connectivity index (χ3n) is 1.24. The molecular formula is C7H4BrClFO. The van der Waals surface area contributed by atoms with Crippen LogP contribution in [0.5, 0.6) is 0 Å². The average Bonchev–Trinajstić information content (AvgIpc) is 1.97. The number of hydrogen-bond donors (Lipinski definition) is 0. The first kappa shape index (κ1) is 8.97. The fraction of sp³-hybridized carbons (Fsp3) is 0.143. The number of hydrogen-bond acceptors (Lipinski definition) is 0. The lowest BCUT2D eigenvalue weighted by Crippen LogP contribution is -1.86. The SMILES string of the molecule is [O]Cc1cc(F)c(Br)cc1Cl. The molecule has 0 aliphatic rings. The minimum Gasteiger partial charge on any atom is -0.232 e. The second-order valence-corrected chi connectivity index (χ2v) is 3.26. The number of rotatable bonds is 1. The van der Waals surface area contributed by atoms with E-state index in [0.717, 1.165) is 6.07 Å². The second-order valence-electron chi connectivity index (χ2n) is 2.00. The van der Waals surface area contributed by atoms with Gasteiger partial charge in [-0.3, -0.25) is 0 Å². The molecule has 0 heterocycles. The summed E-state index contributed by atoms with van der Waals surface area (Å²) in [5, 5.41) is 10.6. The third kappa shape index (κ3) is 1.92. The molecule has 0 unspecified atom stereocenters. The molecule has 0 saturated carbocycles. The molecule has 0 bridgehead atoms. The molecule has 0 fully saturated rings. The van der Waals surface area contributed by atoms with Crippen LogP contribution in [0.1, 0.15) is 5.56 Å². The Balaban J connectivity index is 3.21. The van der Waals surface area contributed by atoms with Gasteiger partial charge in [-0.1, -0.05) is 11.6 Å². The Morgan fingerprint density at radius 2 is 2.18 bits per heavy atom. The normalized spacial score (nSPS) is 10.2. The lowest BCUT2D eigenvalue weighted by Gasteiger charge is -2.00. The Hall–Kier alpha value is -0.120. The van der Waals surface area contributed by atoms with E-state index in [1.807, 2.05) is 0 Å². The number of halogens is 3. The van der Waals surface area contributed by atoms with E-state index in [1.165, 1.54) is 6.07 Å². The van der Waals surface area contributed by atoms with E-state index >= 15 is 0 Å². The highest BCUT2D eigenvalue weighted by Crippen LogP contribution is 2.24. The molecule has 1 nitrogen and oxygen atoms in total. The van der Waals surface area contributed by atoms with Crippen molar-refractivity contribution in [1.82, 2.24) is 0 Å². The maximum atomic E-state index is 12.7. The molecular weight excluding hydrogens is 234 g/mol. The molecule has 0 spiro atoms. The highest BCUT2D eigenvalue weighted by Gasteiger charge is 2.05. The van der Waals surface area contributed by atoms with Gasteiger partial charge in [-0.25, -0.2) is 9.50 Å². The first-order valence-corrected chi connectivity index (χ1v) is 4.03. The Kier molecular flexibility index (Phi) is 2.87. The summed E-state index contributed by atoms with van der Waals surface area (Å²) in [5.41, 5.74) is 0.285.